The van der Waals surface area contributed by atoms with E-state index in [2.05, 4.69) is 263 Å². The number of aromatic nitrogens is 1. The summed E-state index contributed by atoms with van der Waals surface area (Å²) in [6.07, 6.45) is 0. The Morgan fingerprint density at radius 2 is 0.833 bits per heavy atom. The molecule has 13 rings (SSSR count). The molecule has 3 nitrogen and oxygen atoms in total. The number of thiophene rings is 1. The number of para-hydroxylation sites is 3. The van der Waals surface area contributed by atoms with E-state index in [-0.39, 0.29) is 0 Å². The Morgan fingerprint density at radius 3 is 1.45 bits per heavy atom. The molecule has 0 N–H and O–H groups in total. The summed E-state index contributed by atoms with van der Waals surface area (Å²) in [6.45, 7) is 0. The molecule has 0 saturated carbocycles. The van der Waals surface area contributed by atoms with E-state index in [9.17, 15) is 0 Å². The van der Waals surface area contributed by atoms with Gasteiger partial charge in [-0.3, -0.25) is 0 Å². The highest BCUT2D eigenvalue weighted by molar-refractivity contribution is 7.26. The van der Waals surface area contributed by atoms with E-state index < -0.39 is 0 Å². The molecular weight excluding hydrogens is 819 g/mol. The van der Waals surface area contributed by atoms with Crippen molar-refractivity contribution in [2.24, 2.45) is 0 Å². The smallest absolute Gasteiger partial charge is 0.0555 e. The average molecular weight is 860 g/mol. The van der Waals surface area contributed by atoms with E-state index in [1.807, 2.05) is 11.3 Å². The second kappa shape index (κ2) is 15.7. The number of hydrogen-bond donors (Lipinski definition) is 0. The maximum atomic E-state index is 2.44. The van der Waals surface area contributed by atoms with E-state index in [4.69, 9.17) is 0 Å². The van der Waals surface area contributed by atoms with E-state index in [0.29, 0.717) is 0 Å². The van der Waals surface area contributed by atoms with Gasteiger partial charge in [-0.2, -0.15) is 0 Å². The lowest BCUT2D eigenvalue weighted by Gasteiger charge is -2.31. The molecule has 0 bridgehead atoms. The van der Waals surface area contributed by atoms with Crippen molar-refractivity contribution in [1.29, 1.82) is 0 Å². The van der Waals surface area contributed by atoms with Crippen LogP contribution in [0.5, 0.6) is 0 Å². The molecule has 0 unspecified atom stereocenters. The molecule has 310 valence electrons. The molecule has 13 aromatic rings. The summed E-state index contributed by atoms with van der Waals surface area (Å²) in [5.74, 6) is 0. The lowest BCUT2D eigenvalue weighted by atomic mass is 9.99. The summed E-state index contributed by atoms with van der Waals surface area (Å²) < 4.78 is 5.06. The fourth-order valence-corrected chi connectivity index (χ4v) is 11.4. The average Bonchev–Trinajstić information content (AvgIpc) is 3.93. The fraction of sp³-hybridized carbons (Fsp3) is 0. The molecule has 11 aromatic carbocycles. The van der Waals surface area contributed by atoms with Crippen LogP contribution in [0.4, 0.5) is 34.1 Å². The molecule has 2 heterocycles. The maximum absolute atomic E-state index is 2.44. The van der Waals surface area contributed by atoms with Crippen molar-refractivity contribution in [2.75, 3.05) is 9.80 Å². The molecule has 66 heavy (non-hydrogen) atoms. The second-order valence-corrected chi connectivity index (χ2v) is 18.0. The van der Waals surface area contributed by atoms with Crippen molar-refractivity contribution in [3.05, 3.63) is 249 Å². The summed E-state index contributed by atoms with van der Waals surface area (Å²) in [6, 6.07) is 90.8. The Kier molecular flexibility index (Phi) is 9.03. The van der Waals surface area contributed by atoms with Crippen LogP contribution in [0.1, 0.15) is 0 Å². The SMILES string of the molecule is c1ccc(N(c2cc(-c3ccc4c(c3)c3c5sc6ccccc6c5ccc3n4-c3ccccc3)cc(N(c3ccccc3)c3cccc4ccccc34)c2)c2cccc3ccccc23)cc1. The Morgan fingerprint density at radius 1 is 0.318 bits per heavy atom. The van der Waals surface area contributed by atoms with Crippen molar-refractivity contribution in [3.63, 3.8) is 0 Å². The van der Waals surface area contributed by atoms with Crippen LogP contribution in [-0.4, -0.2) is 4.57 Å². The highest BCUT2D eigenvalue weighted by atomic mass is 32.1. The van der Waals surface area contributed by atoms with Crippen LogP contribution in [-0.2, 0) is 0 Å². The molecule has 4 heteroatoms. The summed E-state index contributed by atoms with van der Waals surface area (Å²) in [5.41, 5.74) is 12.3. The largest absolute Gasteiger partial charge is 0.310 e. The van der Waals surface area contributed by atoms with Crippen molar-refractivity contribution in [3.8, 4) is 16.8 Å². The number of benzene rings is 11. The number of nitrogens with zero attached hydrogens (tertiary/aromatic N) is 3. The molecule has 0 aliphatic heterocycles. The van der Waals surface area contributed by atoms with Crippen LogP contribution in [0, 0.1) is 0 Å². The first-order valence-electron chi connectivity index (χ1n) is 22.5. The van der Waals surface area contributed by atoms with Crippen LogP contribution in [0.3, 0.4) is 0 Å². The third kappa shape index (κ3) is 6.26. The Hall–Kier alpha value is -8.44. The number of hydrogen-bond acceptors (Lipinski definition) is 3. The zero-order valence-corrected chi connectivity index (χ0v) is 36.7. The predicted molar refractivity (Wildman–Crippen MR) is 283 cm³/mol. The Labute approximate surface area is 386 Å². The lowest BCUT2D eigenvalue weighted by molar-refractivity contribution is 1.18. The van der Waals surface area contributed by atoms with E-state index in [1.165, 1.54) is 63.5 Å². The van der Waals surface area contributed by atoms with Gasteiger partial charge in [0.25, 0.3) is 0 Å². The Balaban J connectivity index is 1.13. The zero-order valence-electron chi connectivity index (χ0n) is 35.9. The van der Waals surface area contributed by atoms with Gasteiger partial charge < -0.3 is 14.4 Å². The molecule has 2 aromatic heterocycles. The third-order valence-corrected chi connectivity index (χ3v) is 14.3. The van der Waals surface area contributed by atoms with Crippen LogP contribution in [0.25, 0.3) is 80.3 Å². The van der Waals surface area contributed by atoms with Gasteiger partial charge in [0.15, 0.2) is 0 Å². The number of rotatable bonds is 8. The van der Waals surface area contributed by atoms with Crippen LogP contribution < -0.4 is 9.80 Å². The van der Waals surface area contributed by atoms with Gasteiger partial charge in [-0.15, -0.1) is 11.3 Å². The Bertz CT molecular complexity index is 3800. The van der Waals surface area contributed by atoms with Gasteiger partial charge in [-0.1, -0.05) is 158 Å². The topological polar surface area (TPSA) is 11.4 Å². The molecule has 0 amide bonds. The molecule has 0 radical (unpaired) electrons. The standard InChI is InChI=1S/C62H41N3S/c1-4-22-46(23-5-1)63(56-31-16-20-42-18-10-12-28-51(42)56)49-38-45(39-50(41-49)64(47-24-6-2-7-25-47)57-32-17-21-43-19-11-13-29-52(43)57)44-34-36-58-55(40-44)61-59(65(58)48-26-8-3-9-27-48)37-35-54-53-30-14-15-33-60(53)66-62(54)61/h1-41H. The molecule has 0 aliphatic rings. The maximum Gasteiger partial charge on any atom is 0.0555 e. The van der Waals surface area contributed by atoms with Crippen molar-refractivity contribution in [1.82, 2.24) is 4.57 Å². The first-order chi connectivity index (χ1) is 32.7. The van der Waals surface area contributed by atoms with Crippen molar-refractivity contribution >= 4 is 109 Å². The van der Waals surface area contributed by atoms with Gasteiger partial charge in [-0.05, 0) is 113 Å². The predicted octanol–water partition coefficient (Wildman–Crippen LogP) is 18.1. The van der Waals surface area contributed by atoms with Gasteiger partial charge in [0, 0.05) is 70.2 Å². The van der Waals surface area contributed by atoms with Crippen molar-refractivity contribution < 1.29 is 0 Å². The quantitative estimate of drug-likeness (QED) is 0.151. The molecule has 0 saturated heterocycles. The van der Waals surface area contributed by atoms with Crippen LogP contribution in [0.15, 0.2) is 249 Å². The van der Waals surface area contributed by atoms with Gasteiger partial charge >= 0.3 is 0 Å². The second-order valence-electron chi connectivity index (χ2n) is 16.9. The molecule has 0 fully saturated rings. The minimum atomic E-state index is 1.06. The monoisotopic (exact) mass is 859 g/mol. The molecule has 0 spiro atoms. The van der Waals surface area contributed by atoms with E-state index in [0.717, 1.165) is 50.9 Å². The van der Waals surface area contributed by atoms with Crippen molar-refractivity contribution in [2.45, 2.75) is 0 Å². The number of fused-ring (bicyclic) bond motifs is 9. The summed E-state index contributed by atoms with van der Waals surface area (Å²) in [4.78, 5) is 4.87. The van der Waals surface area contributed by atoms with E-state index >= 15 is 0 Å². The van der Waals surface area contributed by atoms with Crippen LogP contribution >= 0.6 is 11.3 Å². The lowest BCUT2D eigenvalue weighted by Crippen LogP contribution is -2.14. The number of anilines is 6. The fourth-order valence-electron chi connectivity index (χ4n) is 10.2. The third-order valence-electron chi connectivity index (χ3n) is 13.1. The first kappa shape index (κ1) is 38.1. The minimum absolute atomic E-state index is 1.06. The summed E-state index contributed by atoms with van der Waals surface area (Å²) >= 11 is 1.89. The summed E-state index contributed by atoms with van der Waals surface area (Å²) in [5, 5.41) is 9.89. The first-order valence-corrected chi connectivity index (χ1v) is 23.3. The van der Waals surface area contributed by atoms with Gasteiger partial charge in [0.05, 0.1) is 22.4 Å². The van der Waals surface area contributed by atoms with E-state index in [1.54, 1.807) is 0 Å². The minimum Gasteiger partial charge on any atom is -0.310 e. The highest BCUT2D eigenvalue weighted by Gasteiger charge is 2.23. The normalized spacial score (nSPS) is 11.6. The van der Waals surface area contributed by atoms with Crippen LogP contribution in [0.2, 0.25) is 0 Å². The molecular formula is C62H41N3S. The van der Waals surface area contributed by atoms with Gasteiger partial charge in [-0.25, -0.2) is 0 Å². The summed E-state index contributed by atoms with van der Waals surface area (Å²) in [7, 11) is 0. The zero-order chi connectivity index (χ0) is 43.6. The van der Waals surface area contributed by atoms with Gasteiger partial charge in [0.1, 0.15) is 0 Å². The molecule has 0 atom stereocenters. The highest BCUT2D eigenvalue weighted by Crippen LogP contribution is 2.48. The molecule has 0 aliphatic carbocycles. The van der Waals surface area contributed by atoms with Gasteiger partial charge in [0.2, 0.25) is 0 Å².